The summed E-state index contributed by atoms with van der Waals surface area (Å²) in [4.78, 5) is 36.1. The number of likely N-dealkylation sites (tertiary alicyclic amines) is 1. The van der Waals surface area contributed by atoms with Gasteiger partial charge in [-0.1, -0.05) is 6.07 Å². The number of amides is 1. The number of halogens is 1. The molecule has 0 radical (unpaired) electrons. The summed E-state index contributed by atoms with van der Waals surface area (Å²) in [5.74, 6) is -1.62. The van der Waals surface area contributed by atoms with Gasteiger partial charge in [-0.15, -0.1) is 0 Å². The maximum Gasteiger partial charge on any atom is 0.305 e. The molecule has 1 aromatic carbocycles. The van der Waals surface area contributed by atoms with Crippen molar-refractivity contribution in [3.05, 3.63) is 29.6 Å². The van der Waals surface area contributed by atoms with Crippen LogP contribution in [0.1, 0.15) is 38.2 Å². The van der Waals surface area contributed by atoms with Crippen molar-refractivity contribution in [3.8, 4) is 5.75 Å². The molecule has 25 heavy (non-hydrogen) atoms. The van der Waals surface area contributed by atoms with E-state index in [0.717, 1.165) is 0 Å². The Balaban J connectivity index is 2.22. The quantitative estimate of drug-likeness (QED) is 0.689. The van der Waals surface area contributed by atoms with Crippen LogP contribution >= 0.6 is 0 Å². The van der Waals surface area contributed by atoms with Gasteiger partial charge in [0.15, 0.2) is 11.6 Å². The number of β-lactam (4-membered cyclic amide) rings is 1. The first-order valence-electron chi connectivity index (χ1n) is 8.15. The molecule has 0 spiro atoms. The molecule has 0 bridgehead atoms. The number of benzene rings is 1. The number of hydrogen-bond acceptors (Lipinski definition) is 4. The Morgan fingerprint density at radius 1 is 1.36 bits per heavy atom. The van der Waals surface area contributed by atoms with Gasteiger partial charge in [-0.05, 0) is 37.5 Å². The first-order valence-corrected chi connectivity index (χ1v) is 8.15. The fourth-order valence-corrected chi connectivity index (χ4v) is 3.24. The van der Waals surface area contributed by atoms with E-state index in [2.05, 4.69) is 0 Å². The van der Waals surface area contributed by atoms with E-state index < -0.39 is 17.2 Å². The molecule has 1 aliphatic rings. The number of rotatable bonds is 9. The molecular weight excluding hydrogens is 329 g/mol. The molecule has 7 heteroatoms. The van der Waals surface area contributed by atoms with E-state index in [9.17, 15) is 18.8 Å². The number of methoxy groups -OCH3 is 1. The predicted molar refractivity (Wildman–Crippen MR) is 88.0 cm³/mol. The largest absolute Gasteiger partial charge is 0.494 e. The van der Waals surface area contributed by atoms with Crippen LogP contribution in [0.3, 0.4) is 0 Å². The van der Waals surface area contributed by atoms with Gasteiger partial charge in [0.2, 0.25) is 5.91 Å². The number of aliphatic carboxylic acids is 1. The number of ether oxygens (including phenoxy) is 1. The maximum absolute atomic E-state index is 14.1. The van der Waals surface area contributed by atoms with Gasteiger partial charge < -0.3 is 19.5 Å². The molecule has 1 atom stereocenters. The van der Waals surface area contributed by atoms with Crippen LogP contribution in [-0.2, 0) is 19.8 Å². The molecule has 1 aliphatic heterocycles. The Morgan fingerprint density at radius 2 is 2.08 bits per heavy atom. The van der Waals surface area contributed by atoms with Gasteiger partial charge in [0.05, 0.1) is 18.9 Å². The average Bonchev–Trinajstić information content (AvgIpc) is 2.55. The van der Waals surface area contributed by atoms with E-state index in [1.165, 1.54) is 31.1 Å². The lowest BCUT2D eigenvalue weighted by atomic mass is 9.69. The highest BCUT2D eigenvalue weighted by molar-refractivity contribution is 5.94. The monoisotopic (exact) mass is 351 g/mol. The third-order valence-electron chi connectivity index (χ3n) is 4.59. The zero-order valence-corrected chi connectivity index (χ0v) is 14.4. The van der Waals surface area contributed by atoms with Crippen LogP contribution in [0.25, 0.3) is 0 Å². The third kappa shape index (κ3) is 3.97. The minimum atomic E-state index is -0.975. The van der Waals surface area contributed by atoms with Gasteiger partial charge in [-0.3, -0.25) is 9.59 Å². The number of carboxylic acid groups (broad SMARTS) is 1. The second kappa shape index (κ2) is 7.63. The van der Waals surface area contributed by atoms with E-state index in [1.54, 1.807) is 6.07 Å². The molecule has 1 saturated heterocycles. The Hall–Kier alpha value is -2.44. The summed E-state index contributed by atoms with van der Waals surface area (Å²) in [6.07, 6.45) is 1.15. The molecule has 2 rings (SSSR count). The fraction of sp³-hybridized carbons (Fsp3) is 0.500. The van der Waals surface area contributed by atoms with Crippen LogP contribution in [0, 0.1) is 5.82 Å². The van der Waals surface area contributed by atoms with E-state index in [1.807, 2.05) is 0 Å². The summed E-state index contributed by atoms with van der Waals surface area (Å²) in [6.45, 7) is 1.94. The van der Waals surface area contributed by atoms with Crippen LogP contribution in [0.4, 0.5) is 4.39 Å². The summed E-state index contributed by atoms with van der Waals surface area (Å²) in [5, 5.41) is 8.77. The summed E-state index contributed by atoms with van der Waals surface area (Å²) in [6, 6.07) is 4.42. The molecular formula is C18H22FNO5. The predicted octanol–water partition coefficient (Wildman–Crippen LogP) is 2.15. The highest BCUT2D eigenvalue weighted by Crippen LogP contribution is 2.41. The topological polar surface area (TPSA) is 83.9 Å². The van der Waals surface area contributed by atoms with Crippen molar-refractivity contribution in [2.75, 3.05) is 20.2 Å². The maximum atomic E-state index is 14.1. The van der Waals surface area contributed by atoms with Gasteiger partial charge in [0.1, 0.15) is 5.78 Å². The number of ketones is 1. The van der Waals surface area contributed by atoms with Crippen molar-refractivity contribution in [1.29, 1.82) is 0 Å². The molecule has 0 aromatic heterocycles. The lowest BCUT2D eigenvalue weighted by molar-refractivity contribution is -0.153. The molecule has 0 aliphatic carbocycles. The summed E-state index contributed by atoms with van der Waals surface area (Å²) < 4.78 is 19.0. The highest BCUT2D eigenvalue weighted by atomic mass is 19.1. The summed E-state index contributed by atoms with van der Waals surface area (Å²) in [5.41, 5.74) is -0.368. The van der Waals surface area contributed by atoms with E-state index in [0.29, 0.717) is 31.4 Å². The molecule has 1 heterocycles. The Kier molecular flexibility index (Phi) is 5.77. The number of nitrogens with zero attached hydrogens (tertiary/aromatic N) is 1. The van der Waals surface area contributed by atoms with Gasteiger partial charge in [0, 0.05) is 19.5 Å². The highest BCUT2D eigenvalue weighted by Gasteiger charge is 2.52. The lowest BCUT2D eigenvalue weighted by Gasteiger charge is -2.49. The molecule has 1 N–H and O–H groups in total. The number of carbonyl (C=O) groups excluding carboxylic acids is 2. The van der Waals surface area contributed by atoms with Crippen molar-refractivity contribution in [2.45, 2.75) is 38.0 Å². The number of carboxylic acids is 1. The summed E-state index contributed by atoms with van der Waals surface area (Å²) in [7, 11) is 1.36. The second-order valence-electron chi connectivity index (χ2n) is 6.36. The van der Waals surface area contributed by atoms with Crippen LogP contribution in [0.5, 0.6) is 5.75 Å². The normalized spacial score (nSPS) is 19.5. The van der Waals surface area contributed by atoms with Gasteiger partial charge >= 0.3 is 5.97 Å². The fourth-order valence-electron chi connectivity index (χ4n) is 3.24. The molecule has 1 unspecified atom stereocenters. The van der Waals surface area contributed by atoms with Crippen LogP contribution < -0.4 is 4.74 Å². The Labute approximate surface area is 145 Å². The van der Waals surface area contributed by atoms with E-state index in [4.69, 9.17) is 9.84 Å². The SMILES string of the molecule is COc1ccc(C2(CCCC(C)=O)CN(CCC(=O)O)C2=O)cc1F. The Bertz CT molecular complexity index is 690. The van der Waals surface area contributed by atoms with Crippen molar-refractivity contribution < 1.29 is 28.6 Å². The van der Waals surface area contributed by atoms with E-state index in [-0.39, 0.29) is 30.4 Å². The molecule has 1 fully saturated rings. The second-order valence-corrected chi connectivity index (χ2v) is 6.36. The minimum Gasteiger partial charge on any atom is -0.494 e. The molecule has 1 amide bonds. The standard InChI is InChI=1S/C18H22FNO5/c1-12(21)4-3-8-18(11-20(17(18)24)9-7-16(22)23)13-5-6-15(25-2)14(19)10-13/h5-6,10H,3-4,7-9,11H2,1-2H3,(H,22,23). The number of hydrogen-bond donors (Lipinski definition) is 1. The van der Waals surface area contributed by atoms with Gasteiger partial charge in [-0.2, -0.15) is 0 Å². The first-order chi connectivity index (χ1) is 11.8. The van der Waals surface area contributed by atoms with Crippen molar-refractivity contribution in [1.82, 2.24) is 4.90 Å². The lowest BCUT2D eigenvalue weighted by Crippen LogP contribution is -2.64. The first kappa shape index (κ1) is 18.9. The van der Waals surface area contributed by atoms with Gasteiger partial charge in [-0.25, -0.2) is 4.39 Å². The molecule has 136 valence electrons. The minimum absolute atomic E-state index is 0.0329. The Morgan fingerprint density at radius 3 is 2.60 bits per heavy atom. The van der Waals surface area contributed by atoms with Crippen molar-refractivity contribution in [3.63, 3.8) is 0 Å². The number of carbonyl (C=O) groups is 3. The molecule has 1 aromatic rings. The molecule has 0 saturated carbocycles. The van der Waals surface area contributed by atoms with E-state index >= 15 is 0 Å². The van der Waals surface area contributed by atoms with Gasteiger partial charge in [0.25, 0.3) is 0 Å². The molecule has 6 nitrogen and oxygen atoms in total. The summed E-state index contributed by atoms with van der Waals surface area (Å²) >= 11 is 0. The van der Waals surface area contributed by atoms with Crippen molar-refractivity contribution in [2.24, 2.45) is 0 Å². The van der Waals surface area contributed by atoms with Crippen LogP contribution in [0.15, 0.2) is 18.2 Å². The number of Topliss-reactive ketones (excluding diaryl/α,β-unsaturated/α-hetero) is 1. The van der Waals surface area contributed by atoms with Crippen LogP contribution in [0.2, 0.25) is 0 Å². The average molecular weight is 351 g/mol. The smallest absolute Gasteiger partial charge is 0.305 e. The van der Waals surface area contributed by atoms with Crippen molar-refractivity contribution >= 4 is 17.7 Å². The zero-order chi connectivity index (χ0) is 18.6. The van der Waals surface area contributed by atoms with Crippen LogP contribution in [-0.4, -0.2) is 47.9 Å². The zero-order valence-electron chi connectivity index (χ0n) is 14.4. The third-order valence-corrected chi connectivity index (χ3v) is 4.59.